The maximum Gasteiger partial charge on any atom is 0.166 e. The summed E-state index contributed by atoms with van der Waals surface area (Å²) in [6.45, 7) is 0. The normalized spacial score (nSPS) is 11.9. The van der Waals surface area contributed by atoms with Crippen LogP contribution in [0.3, 0.4) is 0 Å². The van der Waals surface area contributed by atoms with Crippen LogP contribution in [0.1, 0.15) is 0 Å². The smallest absolute Gasteiger partial charge is 0.166 e. The molecule has 0 amide bonds. The minimum Gasteiger partial charge on any atom is -0.309 e. The maximum absolute atomic E-state index is 5.27. The molecule has 13 rings (SSSR count). The standard InChI is InChI=1S/C57H35N5/c1-5-19-36(20-6-1)45-35-49-52-50-42(30-17-33-47(50)61(49)39-25-11-4-12-26-39)40-27-13-14-28-41(40)43-31-18-34-48-51(43)53(52)54(45)62(48)46-32-16-15-29-44(46)57-59-55(37-21-7-2-8-22-37)58-56(60-57)38-23-9-3-10-24-38/h1-35H. The minimum atomic E-state index is 0.611. The van der Waals surface area contributed by atoms with Gasteiger partial charge in [-0.2, -0.15) is 0 Å². The molecule has 62 heavy (non-hydrogen) atoms. The van der Waals surface area contributed by atoms with E-state index in [9.17, 15) is 0 Å². The Morgan fingerprint density at radius 2 is 0.758 bits per heavy atom. The van der Waals surface area contributed by atoms with Gasteiger partial charge in [0.15, 0.2) is 17.5 Å². The Kier molecular flexibility index (Phi) is 7.54. The molecule has 13 aromatic rings. The molecule has 0 radical (unpaired) electrons. The van der Waals surface area contributed by atoms with E-state index in [-0.39, 0.29) is 0 Å². The van der Waals surface area contributed by atoms with Gasteiger partial charge in [-0.25, -0.2) is 15.0 Å². The zero-order valence-corrected chi connectivity index (χ0v) is 33.4. The van der Waals surface area contributed by atoms with Crippen LogP contribution in [0.25, 0.3) is 122 Å². The molecule has 0 aliphatic carbocycles. The first-order valence-corrected chi connectivity index (χ1v) is 21.0. The van der Waals surface area contributed by atoms with E-state index < -0.39 is 0 Å². The number of benzene rings is 9. The van der Waals surface area contributed by atoms with E-state index in [4.69, 9.17) is 15.0 Å². The van der Waals surface area contributed by atoms with E-state index in [0.29, 0.717) is 17.5 Å². The number of hydrogen-bond donors (Lipinski definition) is 0. The van der Waals surface area contributed by atoms with E-state index in [1.807, 2.05) is 36.4 Å². The molecule has 0 spiro atoms. The number of rotatable bonds is 6. The quantitative estimate of drug-likeness (QED) is 0.169. The summed E-state index contributed by atoms with van der Waals surface area (Å²) in [5, 5.41) is 9.83. The maximum atomic E-state index is 5.27. The fraction of sp³-hybridized carbons (Fsp3) is 0. The highest BCUT2D eigenvalue weighted by atomic mass is 15.1. The molecule has 0 N–H and O–H groups in total. The molecule has 0 aliphatic heterocycles. The van der Waals surface area contributed by atoms with Gasteiger partial charge in [-0.05, 0) is 69.6 Å². The van der Waals surface area contributed by atoms with Crippen molar-refractivity contribution in [2.24, 2.45) is 0 Å². The molecule has 5 nitrogen and oxygen atoms in total. The number of aromatic nitrogens is 5. The predicted octanol–water partition coefficient (Wildman–Crippen LogP) is 14.5. The zero-order valence-electron chi connectivity index (χ0n) is 33.4. The molecule has 5 heteroatoms. The van der Waals surface area contributed by atoms with Gasteiger partial charge in [0, 0.05) is 49.5 Å². The minimum absolute atomic E-state index is 0.611. The van der Waals surface area contributed by atoms with Crippen molar-refractivity contribution in [1.82, 2.24) is 24.1 Å². The third-order valence-electron chi connectivity index (χ3n) is 12.5. The molecule has 3 heterocycles. The Morgan fingerprint density at radius 3 is 1.37 bits per heavy atom. The number of para-hydroxylation sites is 2. The Morgan fingerprint density at radius 1 is 0.290 bits per heavy atom. The van der Waals surface area contributed by atoms with Crippen molar-refractivity contribution in [2.75, 3.05) is 0 Å². The Bertz CT molecular complexity index is 3780. The number of nitrogens with zero attached hydrogens (tertiary/aromatic N) is 5. The molecule has 0 unspecified atom stereocenters. The molecular formula is C57H35N5. The predicted molar refractivity (Wildman–Crippen MR) is 256 cm³/mol. The second kappa shape index (κ2) is 13.6. The summed E-state index contributed by atoms with van der Waals surface area (Å²) in [6, 6.07) is 75.6. The Hall–Kier alpha value is -8.41. The highest BCUT2D eigenvalue weighted by molar-refractivity contribution is 6.40. The summed E-state index contributed by atoms with van der Waals surface area (Å²) in [7, 11) is 0. The van der Waals surface area contributed by atoms with Gasteiger partial charge >= 0.3 is 0 Å². The third kappa shape index (κ3) is 5.06. The van der Waals surface area contributed by atoms with Gasteiger partial charge in [0.05, 0.1) is 27.8 Å². The van der Waals surface area contributed by atoms with Crippen LogP contribution < -0.4 is 0 Å². The summed E-state index contributed by atoms with van der Waals surface area (Å²) in [6.07, 6.45) is 0. The van der Waals surface area contributed by atoms with E-state index in [1.54, 1.807) is 0 Å². The van der Waals surface area contributed by atoms with Gasteiger partial charge < -0.3 is 9.13 Å². The molecule has 10 aromatic carbocycles. The monoisotopic (exact) mass is 789 g/mol. The molecule has 0 saturated carbocycles. The molecule has 3 aromatic heterocycles. The SMILES string of the molecule is c1ccc(-c2nc(-c3ccccc3)nc(-c3ccccc3-n3c4cccc5c6ccccc6c6cccc7c6c6c(c54)c3c(-c3ccccc3)cc6n7-c3ccccc3)n2)cc1. The van der Waals surface area contributed by atoms with Crippen LogP contribution in [-0.4, -0.2) is 24.1 Å². The Balaban J connectivity index is 1.25. The molecular weight excluding hydrogens is 755 g/mol. The first-order chi connectivity index (χ1) is 30.8. The fourth-order valence-electron chi connectivity index (χ4n) is 9.92. The lowest BCUT2D eigenvalue weighted by molar-refractivity contribution is 1.06. The average Bonchev–Trinajstić information content (AvgIpc) is 3.87. The first-order valence-electron chi connectivity index (χ1n) is 21.0. The number of fused-ring (bicyclic) bond motifs is 3. The van der Waals surface area contributed by atoms with Gasteiger partial charge in [-0.1, -0.05) is 170 Å². The van der Waals surface area contributed by atoms with Gasteiger partial charge in [0.25, 0.3) is 0 Å². The van der Waals surface area contributed by atoms with E-state index in [0.717, 1.165) is 50.2 Å². The van der Waals surface area contributed by atoms with Crippen LogP contribution in [0.4, 0.5) is 0 Å². The lowest BCUT2D eigenvalue weighted by Gasteiger charge is -2.17. The van der Waals surface area contributed by atoms with Gasteiger partial charge in [0.1, 0.15) is 0 Å². The van der Waals surface area contributed by atoms with Crippen LogP contribution >= 0.6 is 0 Å². The molecule has 0 fully saturated rings. The van der Waals surface area contributed by atoms with E-state index in [2.05, 4.69) is 185 Å². The molecule has 0 bridgehead atoms. The third-order valence-corrected chi connectivity index (χ3v) is 12.5. The van der Waals surface area contributed by atoms with Crippen LogP contribution in [0.5, 0.6) is 0 Å². The second-order valence-electron chi connectivity index (χ2n) is 15.9. The molecule has 0 saturated heterocycles. The first kappa shape index (κ1) is 34.5. The highest BCUT2D eigenvalue weighted by Crippen LogP contribution is 2.51. The summed E-state index contributed by atoms with van der Waals surface area (Å²) in [4.78, 5) is 15.6. The topological polar surface area (TPSA) is 48.5 Å². The van der Waals surface area contributed by atoms with Gasteiger partial charge in [-0.3, -0.25) is 0 Å². The molecule has 0 aliphatic rings. The van der Waals surface area contributed by atoms with Crippen molar-refractivity contribution >= 4 is 65.2 Å². The van der Waals surface area contributed by atoms with Gasteiger partial charge in [0.2, 0.25) is 0 Å². The summed E-state index contributed by atoms with van der Waals surface area (Å²) in [5.41, 5.74) is 11.8. The van der Waals surface area contributed by atoms with Crippen LogP contribution in [0, 0.1) is 0 Å². The largest absolute Gasteiger partial charge is 0.309 e. The fourth-order valence-corrected chi connectivity index (χ4v) is 9.92. The number of hydrogen-bond acceptors (Lipinski definition) is 3. The van der Waals surface area contributed by atoms with Crippen molar-refractivity contribution in [3.05, 3.63) is 212 Å². The van der Waals surface area contributed by atoms with E-state index >= 15 is 0 Å². The van der Waals surface area contributed by atoms with Crippen molar-refractivity contribution in [2.45, 2.75) is 0 Å². The Labute approximate surface area is 356 Å². The van der Waals surface area contributed by atoms with E-state index in [1.165, 1.54) is 54.1 Å². The lowest BCUT2D eigenvalue weighted by Crippen LogP contribution is -2.04. The van der Waals surface area contributed by atoms with Crippen LogP contribution in [-0.2, 0) is 0 Å². The molecule has 288 valence electrons. The van der Waals surface area contributed by atoms with Crippen molar-refractivity contribution in [1.29, 1.82) is 0 Å². The van der Waals surface area contributed by atoms with Crippen molar-refractivity contribution < 1.29 is 0 Å². The van der Waals surface area contributed by atoms with Crippen molar-refractivity contribution in [3.8, 4) is 56.7 Å². The average molecular weight is 790 g/mol. The lowest BCUT2D eigenvalue weighted by atomic mass is 9.92. The highest BCUT2D eigenvalue weighted by Gasteiger charge is 2.28. The van der Waals surface area contributed by atoms with Crippen LogP contribution in [0.2, 0.25) is 0 Å². The summed E-state index contributed by atoms with van der Waals surface area (Å²) < 4.78 is 4.95. The van der Waals surface area contributed by atoms with Crippen molar-refractivity contribution in [3.63, 3.8) is 0 Å². The van der Waals surface area contributed by atoms with Gasteiger partial charge in [-0.15, -0.1) is 0 Å². The summed E-state index contributed by atoms with van der Waals surface area (Å²) in [5.74, 6) is 1.87. The zero-order chi connectivity index (χ0) is 40.7. The van der Waals surface area contributed by atoms with Crippen LogP contribution in [0.15, 0.2) is 212 Å². The second-order valence-corrected chi connectivity index (χ2v) is 15.9. The molecule has 0 atom stereocenters. The summed E-state index contributed by atoms with van der Waals surface area (Å²) >= 11 is 0.